The second kappa shape index (κ2) is 2.88. The van der Waals surface area contributed by atoms with E-state index < -0.39 is 0 Å². The van der Waals surface area contributed by atoms with E-state index in [0.29, 0.717) is 11.5 Å². The third-order valence-corrected chi connectivity index (χ3v) is 2.27. The van der Waals surface area contributed by atoms with Crippen molar-refractivity contribution >= 4 is 33.2 Å². The molecular weight excluding hydrogens is 234 g/mol. The third-order valence-electron chi connectivity index (χ3n) is 1.71. The van der Waals surface area contributed by atoms with Gasteiger partial charge in [0.25, 0.3) is 0 Å². The lowest BCUT2D eigenvalue weighted by Gasteiger charge is -2.02. The molecule has 0 fully saturated rings. The topological polar surface area (TPSA) is 68.2 Å². The summed E-state index contributed by atoms with van der Waals surface area (Å²) < 4.78 is 2.40. The predicted molar refractivity (Wildman–Crippen MR) is 54.6 cm³/mol. The Morgan fingerprint density at radius 3 is 3.08 bits per heavy atom. The minimum absolute atomic E-state index is 0.556. The largest absolute Gasteiger partial charge is 0.383 e. The zero-order chi connectivity index (χ0) is 9.42. The normalized spacial score (nSPS) is 10.6. The number of nitrogens with two attached hydrogens (primary N) is 1. The van der Waals surface area contributed by atoms with Gasteiger partial charge in [-0.3, -0.25) is 0 Å². The molecule has 2 aromatic heterocycles. The van der Waals surface area contributed by atoms with Crippen LogP contribution in [0, 0.1) is 0 Å². The van der Waals surface area contributed by atoms with Crippen LogP contribution in [0.15, 0.2) is 16.7 Å². The molecule has 13 heavy (non-hydrogen) atoms. The van der Waals surface area contributed by atoms with Gasteiger partial charge in [0, 0.05) is 13.1 Å². The molecule has 0 aliphatic rings. The number of anilines is 2. The Labute approximate surface area is 83.1 Å². The van der Waals surface area contributed by atoms with Crippen molar-refractivity contribution in [2.75, 3.05) is 18.1 Å². The number of aromatic nitrogens is 3. The highest BCUT2D eigenvalue weighted by atomic mass is 79.9. The standard InChI is InChI=1S/C7H8BrN5/c1-10-6-2-5(9)13-7(12-6)4(8)3-11-13/h2-3H,9H2,1H3,(H,10,12). The van der Waals surface area contributed by atoms with Crippen LogP contribution in [0.5, 0.6) is 0 Å². The summed E-state index contributed by atoms with van der Waals surface area (Å²) in [7, 11) is 1.79. The summed E-state index contributed by atoms with van der Waals surface area (Å²) >= 11 is 3.34. The average molecular weight is 242 g/mol. The Kier molecular flexibility index (Phi) is 1.84. The summed E-state index contributed by atoms with van der Waals surface area (Å²) in [6, 6.07) is 1.73. The Balaban J connectivity index is 2.80. The monoisotopic (exact) mass is 241 g/mol. The van der Waals surface area contributed by atoms with Gasteiger partial charge in [-0.25, -0.2) is 4.98 Å². The fourth-order valence-electron chi connectivity index (χ4n) is 1.09. The minimum Gasteiger partial charge on any atom is -0.383 e. The van der Waals surface area contributed by atoms with Gasteiger partial charge in [-0.1, -0.05) is 0 Å². The van der Waals surface area contributed by atoms with Crippen molar-refractivity contribution < 1.29 is 0 Å². The van der Waals surface area contributed by atoms with Gasteiger partial charge in [0.1, 0.15) is 11.6 Å². The lowest BCUT2D eigenvalue weighted by Crippen LogP contribution is -2.02. The number of halogens is 1. The summed E-state index contributed by atoms with van der Waals surface area (Å²) in [5, 5.41) is 6.97. The highest BCUT2D eigenvalue weighted by molar-refractivity contribution is 9.10. The molecule has 68 valence electrons. The Bertz CT molecular complexity index is 449. The molecule has 0 unspecified atom stereocenters. The summed E-state index contributed by atoms with van der Waals surface area (Å²) in [5.74, 6) is 1.28. The van der Waals surface area contributed by atoms with Crippen molar-refractivity contribution in [3.8, 4) is 0 Å². The molecule has 0 aliphatic heterocycles. The van der Waals surface area contributed by atoms with Crippen molar-refractivity contribution in [1.82, 2.24) is 14.6 Å². The molecule has 6 heteroatoms. The lowest BCUT2D eigenvalue weighted by atomic mass is 10.5. The van der Waals surface area contributed by atoms with Gasteiger partial charge in [0.2, 0.25) is 0 Å². The molecule has 2 rings (SSSR count). The van der Waals surface area contributed by atoms with Gasteiger partial charge in [-0.05, 0) is 15.9 Å². The fraction of sp³-hybridized carbons (Fsp3) is 0.143. The molecule has 0 amide bonds. The predicted octanol–water partition coefficient (Wildman–Crippen LogP) is 1.12. The first-order valence-electron chi connectivity index (χ1n) is 3.70. The molecule has 0 saturated carbocycles. The Morgan fingerprint density at radius 1 is 1.62 bits per heavy atom. The maximum atomic E-state index is 5.75. The molecule has 2 aromatic rings. The van der Waals surface area contributed by atoms with E-state index in [-0.39, 0.29) is 0 Å². The molecule has 3 N–H and O–H groups in total. The van der Waals surface area contributed by atoms with Crippen molar-refractivity contribution in [3.05, 3.63) is 16.7 Å². The van der Waals surface area contributed by atoms with Crippen LogP contribution in [0.4, 0.5) is 11.6 Å². The Morgan fingerprint density at radius 2 is 2.38 bits per heavy atom. The summed E-state index contributed by atoms with van der Waals surface area (Å²) in [4.78, 5) is 4.28. The molecule has 0 aromatic carbocycles. The van der Waals surface area contributed by atoms with E-state index in [4.69, 9.17) is 5.73 Å². The molecule has 0 saturated heterocycles. The second-order valence-corrected chi connectivity index (χ2v) is 3.40. The molecule has 0 bridgehead atoms. The first-order valence-corrected chi connectivity index (χ1v) is 4.49. The molecule has 5 nitrogen and oxygen atoms in total. The van der Waals surface area contributed by atoms with Crippen molar-refractivity contribution in [2.45, 2.75) is 0 Å². The van der Waals surface area contributed by atoms with Crippen molar-refractivity contribution in [3.63, 3.8) is 0 Å². The van der Waals surface area contributed by atoms with Crippen LogP contribution in [-0.4, -0.2) is 21.6 Å². The van der Waals surface area contributed by atoms with E-state index in [1.54, 1.807) is 23.8 Å². The zero-order valence-corrected chi connectivity index (χ0v) is 8.54. The first-order chi connectivity index (χ1) is 6.22. The van der Waals surface area contributed by atoms with Gasteiger partial charge < -0.3 is 11.1 Å². The van der Waals surface area contributed by atoms with Gasteiger partial charge in [-0.2, -0.15) is 9.61 Å². The zero-order valence-electron chi connectivity index (χ0n) is 6.95. The molecule has 0 radical (unpaired) electrons. The summed E-state index contributed by atoms with van der Waals surface area (Å²) in [6.07, 6.45) is 1.66. The van der Waals surface area contributed by atoms with Crippen LogP contribution in [0.2, 0.25) is 0 Å². The van der Waals surface area contributed by atoms with Crippen molar-refractivity contribution in [2.24, 2.45) is 0 Å². The van der Waals surface area contributed by atoms with Gasteiger partial charge in [-0.15, -0.1) is 0 Å². The number of nitrogens with zero attached hydrogens (tertiary/aromatic N) is 3. The SMILES string of the molecule is CNc1cc(N)n2ncc(Br)c2n1. The van der Waals surface area contributed by atoms with Gasteiger partial charge in [0.15, 0.2) is 5.65 Å². The number of rotatable bonds is 1. The molecule has 0 atom stereocenters. The Hall–Kier alpha value is -1.30. The third kappa shape index (κ3) is 1.23. The number of hydrogen-bond donors (Lipinski definition) is 2. The minimum atomic E-state index is 0.556. The van der Waals surface area contributed by atoms with Crippen LogP contribution < -0.4 is 11.1 Å². The number of fused-ring (bicyclic) bond motifs is 1. The first kappa shape index (κ1) is 8.31. The maximum absolute atomic E-state index is 5.75. The number of nitrogen functional groups attached to an aromatic ring is 1. The fourth-order valence-corrected chi connectivity index (χ4v) is 1.44. The van der Waals surface area contributed by atoms with Crippen LogP contribution in [0.1, 0.15) is 0 Å². The van der Waals surface area contributed by atoms with E-state index >= 15 is 0 Å². The second-order valence-electron chi connectivity index (χ2n) is 2.54. The summed E-state index contributed by atoms with van der Waals surface area (Å²) in [6.45, 7) is 0. The lowest BCUT2D eigenvalue weighted by molar-refractivity contribution is 0.953. The number of hydrogen-bond acceptors (Lipinski definition) is 4. The van der Waals surface area contributed by atoms with Crippen LogP contribution in [-0.2, 0) is 0 Å². The average Bonchev–Trinajstić information content (AvgIpc) is 2.48. The molecular formula is C7H8BrN5. The smallest absolute Gasteiger partial charge is 0.173 e. The highest BCUT2D eigenvalue weighted by Gasteiger charge is 2.06. The van der Waals surface area contributed by atoms with Gasteiger partial charge >= 0.3 is 0 Å². The van der Waals surface area contributed by atoms with Crippen molar-refractivity contribution in [1.29, 1.82) is 0 Å². The number of nitrogens with one attached hydrogen (secondary N) is 1. The molecule has 0 aliphatic carbocycles. The van der Waals surface area contributed by atoms with Gasteiger partial charge in [0.05, 0.1) is 10.7 Å². The van der Waals surface area contributed by atoms with Crippen LogP contribution >= 0.6 is 15.9 Å². The molecule has 2 heterocycles. The van der Waals surface area contributed by atoms with E-state index in [2.05, 4.69) is 31.3 Å². The maximum Gasteiger partial charge on any atom is 0.173 e. The quantitative estimate of drug-likeness (QED) is 0.786. The van der Waals surface area contributed by atoms with Crippen LogP contribution in [0.3, 0.4) is 0 Å². The van der Waals surface area contributed by atoms with E-state index in [1.807, 2.05) is 0 Å². The highest BCUT2D eigenvalue weighted by Crippen LogP contribution is 2.20. The molecule has 0 spiro atoms. The van der Waals surface area contributed by atoms with E-state index in [0.717, 1.165) is 10.3 Å². The van der Waals surface area contributed by atoms with E-state index in [1.165, 1.54) is 0 Å². The van der Waals surface area contributed by atoms with E-state index in [9.17, 15) is 0 Å². The van der Waals surface area contributed by atoms with Crippen LogP contribution in [0.25, 0.3) is 5.65 Å². The summed E-state index contributed by atoms with van der Waals surface area (Å²) in [5.41, 5.74) is 6.46.